The number of hydrogen-bond acceptors (Lipinski definition) is 3. The summed E-state index contributed by atoms with van der Waals surface area (Å²) in [6.07, 6.45) is 3.58. The molecule has 1 heterocycles. The van der Waals surface area contributed by atoms with Gasteiger partial charge in [0.1, 0.15) is 0 Å². The van der Waals surface area contributed by atoms with E-state index in [-0.39, 0.29) is 0 Å². The topological polar surface area (TPSA) is 24.9 Å². The number of nitrogens with one attached hydrogen (secondary N) is 1. The van der Waals surface area contributed by atoms with E-state index in [0.717, 1.165) is 6.42 Å². The lowest BCUT2D eigenvalue weighted by Gasteiger charge is -2.19. The van der Waals surface area contributed by atoms with Crippen molar-refractivity contribution in [1.82, 2.24) is 10.3 Å². The Hall–Kier alpha value is -0.410. The van der Waals surface area contributed by atoms with Gasteiger partial charge in [-0.3, -0.25) is 0 Å². The van der Waals surface area contributed by atoms with Gasteiger partial charge in [0.2, 0.25) is 0 Å². The fourth-order valence-corrected chi connectivity index (χ4v) is 2.81. The molecule has 1 unspecified atom stereocenters. The van der Waals surface area contributed by atoms with Crippen LogP contribution in [-0.2, 0) is 12.8 Å². The van der Waals surface area contributed by atoms with E-state index in [0.29, 0.717) is 6.04 Å². The van der Waals surface area contributed by atoms with E-state index in [1.54, 1.807) is 0 Å². The molecule has 1 atom stereocenters. The highest BCUT2D eigenvalue weighted by Crippen LogP contribution is 2.26. The van der Waals surface area contributed by atoms with Crippen LogP contribution in [0, 0.1) is 6.92 Å². The largest absolute Gasteiger partial charge is 0.317 e. The lowest BCUT2D eigenvalue weighted by atomic mass is 9.98. The third kappa shape index (κ3) is 1.39. The lowest BCUT2D eigenvalue weighted by molar-refractivity contribution is 0.496. The maximum absolute atomic E-state index is 4.51. The average Bonchev–Trinajstić information content (AvgIpc) is 2.43. The summed E-state index contributed by atoms with van der Waals surface area (Å²) in [5.41, 5.74) is 1.35. The van der Waals surface area contributed by atoms with E-state index in [9.17, 15) is 0 Å². The van der Waals surface area contributed by atoms with Crippen LogP contribution in [0.15, 0.2) is 0 Å². The Kier molecular flexibility index (Phi) is 2.15. The summed E-state index contributed by atoms with van der Waals surface area (Å²) in [7, 11) is 2.05. The Labute approximate surface area is 77.0 Å². The zero-order chi connectivity index (χ0) is 8.55. The molecule has 3 heteroatoms. The first-order valence-electron chi connectivity index (χ1n) is 4.42. The number of fused-ring (bicyclic) bond motifs is 1. The fraction of sp³-hybridized carbons (Fsp3) is 0.667. The van der Waals surface area contributed by atoms with Crippen molar-refractivity contribution in [3.05, 3.63) is 15.6 Å². The molecule has 2 rings (SSSR count). The van der Waals surface area contributed by atoms with Crippen LogP contribution in [0.5, 0.6) is 0 Å². The maximum Gasteiger partial charge on any atom is 0.0900 e. The molecular formula is C9H14N2S. The Morgan fingerprint density at radius 2 is 2.42 bits per heavy atom. The second-order valence-electron chi connectivity index (χ2n) is 3.33. The fourth-order valence-electron chi connectivity index (χ4n) is 1.75. The van der Waals surface area contributed by atoms with Crippen molar-refractivity contribution >= 4 is 11.3 Å². The van der Waals surface area contributed by atoms with Gasteiger partial charge < -0.3 is 5.32 Å². The third-order valence-corrected chi connectivity index (χ3v) is 3.49. The van der Waals surface area contributed by atoms with Crippen LogP contribution in [0.4, 0.5) is 0 Å². The molecule has 1 aromatic heterocycles. The average molecular weight is 182 g/mol. The molecular weight excluding hydrogens is 168 g/mol. The van der Waals surface area contributed by atoms with Crippen LogP contribution in [-0.4, -0.2) is 18.1 Å². The summed E-state index contributed by atoms with van der Waals surface area (Å²) in [4.78, 5) is 6.01. The Balaban J connectivity index is 2.22. The number of nitrogens with zero attached hydrogens (tertiary/aromatic N) is 1. The first-order chi connectivity index (χ1) is 5.79. The van der Waals surface area contributed by atoms with Gasteiger partial charge in [0.15, 0.2) is 0 Å². The minimum atomic E-state index is 0.678. The summed E-state index contributed by atoms with van der Waals surface area (Å²) in [5.74, 6) is 0. The smallest absolute Gasteiger partial charge is 0.0900 e. The van der Waals surface area contributed by atoms with Crippen LogP contribution in [0.3, 0.4) is 0 Å². The molecule has 0 saturated heterocycles. The maximum atomic E-state index is 4.51. The number of rotatable bonds is 1. The molecule has 2 nitrogen and oxygen atoms in total. The molecule has 0 bridgehead atoms. The summed E-state index contributed by atoms with van der Waals surface area (Å²) in [6.45, 7) is 2.09. The predicted molar refractivity (Wildman–Crippen MR) is 51.7 cm³/mol. The van der Waals surface area contributed by atoms with Crippen molar-refractivity contribution in [2.24, 2.45) is 0 Å². The van der Waals surface area contributed by atoms with E-state index in [2.05, 4.69) is 17.2 Å². The molecule has 66 valence electrons. The van der Waals surface area contributed by atoms with Crippen molar-refractivity contribution in [2.45, 2.75) is 32.2 Å². The van der Waals surface area contributed by atoms with Gasteiger partial charge >= 0.3 is 0 Å². The molecule has 0 fully saturated rings. The van der Waals surface area contributed by atoms with E-state index in [4.69, 9.17) is 0 Å². The molecule has 0 amide bonds. The van der Waals surface area contributed by atoms with Gasteiger partial charge in [-0.15, -0.1) is 11.3 Å². The van der Waals surface area contributed by atoms with Gasteiger partial charge in [-0.05, 0) is 33.2 Å². The van der Waals surface area contributed by atoms with Gasteiger partial charge in [0, 0.05) is 10.9 Å². The number of aryl methyl sites for hydroxylation is 2. The minimum Gasteiger partial charge on any atom is -0.317 e. The zero-order valence-corrected chi connectivity index (χ0v) is 8.37. The first kappa shape index (κ1) is 8.20. The molecule has 12 heavy (non-hydrogen) atoms. The van der Waals surface area contributed by atoms with Crippen LogP contribution < -0.4 is 5.32 Å². The van der Waals surface area contributed by atoms with Crippen LogP contribution >= 0.6 is 11.3 Å². The first-order valence-corrected chi connectivity index (χ1v) is 5.23. The van der Waals surface area contributed by atoms with Crippen LogP contribution in [0.25, 0.3) is 0 Å². The molecule has 1 aliphatic rings. The molecule has 1 aliphatic carbocycles. The highest BCUT2D eigenvalue weighted by molar-refractivity contribution is 7.11. The normalized spacial score (nSPS) is 22.3. The highest BCUT2D eigenvalue weighted by atomic mass is 32.1. The zero-order valence-electron chi connectivity index (χ0n) is 7.55. The molecule has 0 spiro atoms. The van der Waals surface area contributed by atoms with E-state index >= 15 is 0 Å². The Morgan fingerprint density at radius 3 is 3.17 bits per heavy atom. The number of likely N-dealkylation sites (N-methyl/N-ethyl adjacent to an activating group) is 1. The SMILES string of the molecule is CNC1CCc2nc(C)sc2C1. The highest BCUT2D eigenvalue weighted by Gasteiger charge is 2.19. The molecule has 1 N–H and O–H groups in total. The molecule has 0 saturated carbocycles. The monoisotopic (exact) mass is 182 g/mol. The van der Waals surface area contributed by atoms with Crippen molar-refractivity contribution < 1.29 is 0 Å². The predicted octanol–water partition coefficient (Wildman–Crippen LogP) is 1.53. The molecule has 0 aromatic carbocycles. The van der Waals surface area contributed by atoms with Gasteiger partial charge in [0.05, 0.1) is 10.7 Å². The van der Waals surface area contributed by atoms with Crippen molar-refractivity contribution in [2.75, 3.05) is 7.05 Å². The Morgan fingerprint density at radius 1 is 1.58 bits per heavy atom. The number of aromatic nitrogens is 1. The van der Waals surface area contributed by atoms with Gasteiger partial charge in [-0.1, -0.05) is 0 Å². The molecule has 1 aromatic rings. The van der Waals surface area contributed by atoms with Crippen molar-refractivity contribution in [1.29, 1.82) is 0 Å². The lowest BCUT2D eigenvalue weighted by Crippen LogP contribution is -2.30. The van der Waals surface area contributed by atoms with Gasteiger partial charge in [-0.25, -0.2) is 4.98 Å². The minimum absolute atomic E-state index is 0.678. The van der Waals surface area contributed by atoms with Crippen molar-refractivity contribution in [3.63, 3.8) is 0 Å². The van der Waals surface area contributed by atoms with E-state index < -0.39 is 0 Å². The quantitative estimate of drug-likeness (QED) is 0.712. The van der Waals surface area contributed by atoms with Gasteiger partial charge in [0.25, 0.3) is 0 Å². The van der Waals surface area contributed by atoms with E-state index in [1.807, 2.05) is 18.4 Å². The molecule has 0 radical (unpaired) electrons. The summed E-state index contributed by atoms with van der Waals surface area (Å²) >= 11 is 1.86. The number of hydrogen-bond donors (Lipinski definition) is 1. The Bertz CT molecular complexity index is 280. The second kappa shape index (κ2) is 3.15. The second-order valence-corrected chi connectivity index (χ2v) is 4.62. The van der Waals surface area contributed by atoms with E-state index in [1.165, 1.54) is 28.4 Å². The van der Waals surface area contributed by atoms with Crippen molar-refractivity contribution in [3.8, 4) is 0 Å². The summed E-state index contributed by atoms with van der Waals surface area (Å²) in [5, 5.41) is 4.55. The molecule has 0 aliphatic heterocycles. The van der Waals surface area contributed by atoms with Crippen LogP contribution in [0.2, 0.25) is 0 Å². The summed E-state index contributed by atoms with van der Waals surface area (Å²) in [6, 6.07) is 0.678. The summed E-state index contributed by atoms with van der Waals surface area (Å²) < 4.78 is 0. The third-order valence-electron chi connectivity index (χ3n) is 2.45. The standard InChI is InChI=1S/C9H14N2S/c1-6-11-8-4-3-7(10-2)5-9(8)12-6/h7,10H,3-5H2,1-2H3. The van der Waals surface area contributed by atoms with Gasteiger partial charge in [-0.2, -0.15) is 0 Å². The number of thiazole rings is 1. The van der Waals surface area contributed by atoms with Crippen LogP contribution in [0.1, 0.15) is 22.0 Å².